The zero-order valence-electron chi connectivity index (χ0n) is 17.5. The van der Waals surface area contributed by atoms with E-state index in [9.17, 15) is 31.1 Å². The molecule has 0 aliphatic heterocycles. The Morgan fingerprint density at radius 3 is 2.37 bits per heavy atom. The number of anilines is 1. The lowest BCUT2D eigenvalue weighted by molar-refractivity contribution is -0.274. The molecule has 0 spiro atoms. The van der Waals surface area contributed by atoms with Gasteiger partial charge in [-0.2, -0.15) is 18.3 Å². The van der Waals surface area contributed by atoms with Gasteiger partial charge in [0.2, 0.25) is 0 Å². The van der Waals surface area contributed by atoms with Crippen molar-refractivity contribution in [3.05, 3.63) is 77.1 Å². The van der Waals surface area contributed by atoms with Crippen LogP contribution in [0, 0.1) is 0 Å². The fourth-order valence-corrected chi connectivity index (χ4v) is 4.06. The van der Waals surface area contributed by atoms with Gasteiger partial charge in [-0.25, -0.2) is 9.50 Å². The number of amides is 1. The topological polar surface area (TPSA) is 68.5 Å². The van der Waals surface area contributed by atoms with Gasteiger partial charge in [0.1, 0.15) is 5.75 Å². The van der Waals surface area contributed by atoms with Gasteiger partial charge in [0.25, 0.3) is 5.91 Å². The summed E-state index contributed by atoms with van der Waals surface area (Å²) in [5, 5.41) is 6.25. The zero-order chi connectivity index (χ0) is 25.0. The number of carbonyl (C=O) groups excluding carboxylic acids is 1. The Kier molecular flexibility index (Phi) is 5.18. The molecule has 0 bridgehead atoms. The second-order valence-electron chi connectivity index (χ2n) is 7.77. The lowest BCUT2D eigenvalue weighted by Crippen LogP contribution is -2.21. The van der Waals surface area contributed by atoms with Crippen molar-refractivity contribution in [2.75, 3.05) is 5.32 Å². The summed E-state index contributed by atoms with van der Waals surface area (Å²) < 4.78 is 83.6. The van der Waals surface area contributed by atoms with Gasteiger partial charge in [0, 0.05) is 22.9 Å². The largest absolute Gasteiger partial charge is 0.573 e. The molecule has 4 aromatic rings. The summed E-state index contributed by atoms with van der Waals surface area (Å²) in [6, 6.07) is 12.5. The number of nitrogens with zero attached hydrogens (tertiary/aromatic N) is 3. The van der Waals surface area contributed by atoms with Gasteiger partial charge in [0.05, 0.1) is 5.69 Å². The molecular weight excluding hydrogens is 478 g/mol. The van der Waals surface area contributed by atoms with Crippen LogP contribution in [0.1, 0.15) is 27.3 Å². The van der Waals surface area contributed by atoms with Crippen molar-refractivity contribution in [1.82, 2.24) is 14.6 Å². The molecule has 0 atom stereocenters. The number of aryl methyl sites for hydroxylation is 1. The van der Waals surface area contributed by atoms with Crippen LogP contribution in [-0.2, 0) is 19.0 Å². The minimum absolute atomic E-state index is 0.000915. The van der Waals surface area contributed by atoms with Crippen molar-refractivity contribution in [2.45, 2.75) is 25.4 Å². The van der Waals surface area contributed by atoms with E-state index in [4.69, 9.17) is 0 Å². The number of fused-ring (bicyclic) bond motifs is 4. The Morgan fingerprint density at radius 2 is 1.69 bits per heavy atom. The van der Waals surface area contributed by atoms with E-state index in [0.717, 1.165) is 35.9 Å². The van der Waals surface area contributed by atoms with E-state index in [2.05, 4.69) is 20.1 Å². The molecule has 0 fully saturated rings. The number of ether oxygens (including phenoxy) is 1. The Hall–Kier alpha value is -4.09. The number of carbonyl (C=O) groups is 1. The lowest BCUT2D eigenvalue weighted by Gasteiger charge is -2.23. The average Bonchev–Trinajstić information content (AvgIpc) is 3.20. The predicted octanol–water partition coefficient (Wildman–Crippen LogP) is 5.66. The van der Waals surface area contributed by atoms with Gasteiger partial charge >= 0.3 is 12.5 Å². The van der Waals surface area contributed by atoms with E-state index in [1.54, 1.807) is 18.2 Å². The van der Waals surface area contributed by atoms with Crippen molar-refractivity contribution in [1.29, 1.82) is 0 Å². The molecule has 35 heavy (non-hydrogen) atoms. The minimum atomic E-state index is -4.87. The molecule has 1 N–H and O–H groups in total. The maximum atomic E-state index is 14.1. The second kappa shape index (κ2) is 8.00. The Labute approximate surface area is 193 Å². The molecule has 0 unspecified atom stereocenters. The first kappa shape index (κ1) is 22.7. The van der Waals surface area contributed by atoms with Crippen LogP contribution in [0.5, 0.6) is 5.75 Å². The van der Waals surface area contributed by atoms with Gasteiger partial charge in [0.15, 0.2) is 17.0 Å². The van der Waals surface area contributed by atoms with Crippen LogP contribution in [-0.4, -0.2) is 26.9 Å². The molecule has 6 nitrogen and oxygen atoms in total. The summed E-state index contributed by atoms with van der Waals surface area (Å²) >= 11 is 0. The molecule has 5 rings (SSSR count). The number of halogens is 6. The van der Waals surface area contributed by atoms with Gasteiger partial charge in [-0.1, -0.05) is 24.3 Å². The van der Waals surface area contributed by atoms with Crippen molar-refractivity contribution >= 4 is 17.2 Å². The summed E-state index contributed by atoms with van der Waals surface area (Å²) in [4.78, 5) is 17.1. The second-order valence-corrected chi connectivity index (χ2v) is 7.77. The van der Waals surface area contributed by atoms with E-state index in [1.165, 1.54) is 0 Å². The first-order chi connectivity index (χ1) is 16.5. The third-order valence-electron chi connectivity index (χ3n) is 5.46. The number of nitrogens with one attached hydrogen (secondary N) is 1. The van der Waals surface area contributed by atoms with E-state index in [1.807, 2.05) is 6.07 Å². The van der Waals surface area contributed by atoms with Crippen molar-refractivity contribution in [3.8, 4) is 17.0 Å². The zero-order valence-corrected chi connectivity index (χ0v) is 17.5. The van der Waals surface area contributed by atoms with Gasteiger partial charge in [-0.05, 0) is 42.7 Å². The Bertz CT molecular complexity index is 1440. The molecule has 180 valence electrons. The van der Waals surface area contributed by atoms with Crippen LogP contribution in [0.4, 0.5) is 32.0 Å². The molecule has 2 heterocycles. The van der Waals surface area contributed by atoms with Crippen LogP contribution >= 0.6 is 0 Å². The normalized spacial score (nSPS) is 13.3. The Balaban J connectivity index is 1.52. The molecular formula is C23H14F6N4O2. The SMILES string of the molecule is O=C(Nc1ccc(OC(F)(F)F)cc1)c1cc2nc3c(c(C(F)(F)F)n2n1)CCc1ccccc1-3. The van der Waals surface area contributed by atoms with E-state index >= 15 is 0 Å². The fourth-order valence-electron chi connectivity index (χ4n) is 4.06. The molecule has 2 aromatic carbocycles. The molecule has 0 saturated carbocycles. The highest BCUT2D eigenvalue weighted by atomic mass is 19.4. The highest BCUT2D eigenvalue weighted by Crippen LogP contribution is 2.40. The molecule has 0 radical (unpaired) electrons. The number of alkyl halides is 6. The minimum Gasteiger partial charge on any atom is -0.406 e. The molecule has 12 heteroatoms. The quantitative estimate of drug-likeness (QED) is 0.375. The van der Waals surface area contributed by atoms with Crippen molar-refractivity contribution in [2.24, 2.45) is 0 Å². The number of rotatable bonds is 3. The van der Waals surface area contributed by atoms with Crippen LogP contribution in [0.3, 0.4) is 0 Å². The van der Waals surface area contributed by atoms with Crippen LogP contribution in [0.15, 0.2) is 54.6 Å². The first-order valence-electron chi connectivity index (χ1n) is 10.2. The summed E-state index contributed by atoms with van der Waals surface area (Å²) in [7, 11) is 0. The predicted molar refractivity (Wildman–Crippen MR) is 112 cm³/mol. The summed E-state index contributed by atoms with van der Waals surface area (Å²) in [6.07, 6.45) is -9.12. The Morgan fingerprint density at radius 1 is 0.971 bits per heavy atom. The average molecular weight is 492 g/mol. The molecule has 1 aliphatic rings. The van der Waals surface area contributed by atoms with Gasteiger partial charge in [-0.3, -0.25) is 4.79 Å². The summed E-state index contributed by atoms with van der Waals surface area (Å²) in [5.41, 5.74) is 0.257. The molecule has 2 aromatic heterocycles. The first-order valence-corrected chi connectivity index (χ1v) is 10.2. The van der Waals surface area contributed by atoms with Crippen molar-refractivity contribution in [3.63, 3.8) is 0 Å². The maximum Gasteiger partial charge on any atom is 0.573 e. The van der Waals surface area contributed by atoms with Crippen molar-refractivity contribution < 1.29 is 35.9 Å². The third kappa shape index (κ3) is 4.38. The van der Waals surface area contributed by atoms with Crippen LogP contribution in [0.25, 0.3) is 16.9 Å². The number of hydrogen-bond donors (Lipinski definition) is 1. The van der Waals surface area contributed by atoms with Crippen LogP contribution < -0.4 is 10.1 Å². The maximum absolute atomic E-state index is 14.1. The fraction of sp³-hybridized carbons (Fsp3) is 0.174. The third-order valence-corrected chi connectivity index (χ3v) is 5.46. The summed E-state index contributed by atoms with van der Waals surface area (Å²) in [6.45, 7) is 0. The van der Waals surface area contributed by atoms with E-state index < -0.39 is 29.9 Å². The van der Waals surface area contributed by atoms with E-state index in [-0.39, 0.29) is 34.7 Å². The highest BCUT2D eigenvalue weighted by Gasteiger charge is 2.40. The molecule has 0 saturated heterocycles. The molecule has 1 amide bonds. The van der Waals surface area contributed by atoms with Crippen LogP contribution in [0.2, 0.25) is 0 Å². The number of hydrogen-bond acceptors (Lipinski definition) is 4. The highest BCUT2D eigenvalue weighted by molar-refractivity contribution is 6.03. The van der Waals surface area contributed by atoms with E-state index in [0.29, 0.717) is 16.5 Å². The number of aromatic nitrogens is 3. The summed E-state index contributed by atoms with van der Waals surface area (Å²) in [5.74, 6) is -1.35. The number of benzene rings is 2. The monoisotopic (exact) mass is 492 g/mol. The van der Waals surface area contributed by atoms with Gasteiger partial charge in [-0.15, -0.1) is 13.2 Å². The smallest absolute Gasteiger partial charge is 0.406 e. The lowest BCUT2D eigenvalue weighted by atomic mass is 9.88. The standard InChI is InChI=1S/C23H14F6N4O2/c24-22(25,26)20-16-10-5-12-3-1-2-4-15(12)19(16)31-18-11-17(32-33(18)20)21(34)30-13-6-8-14(9-7-13)35-23(27,28)29/h1-4,6-9,11H,5,10H2,(H,30,34). The van der Waals surface area contributed by atoms with Gasteiger partial charge < -0.3 is 10.1 Å². The molecule has 1 aliphatic carbocycles.